The summed E-state index contributed by atoms with van der Waals surface area (Å²) in [6.07, 6.45) is 0. The van der Waals surface area contributed by atoms with Gasteiger partial charge in [0.05, 0.1) is 0 Å². The predicted molar refractivity (Wildman–Crippen MR) is 92.1 cm³/mol. The number of hydrogen-bond donors (Lipinski definition) is 0. The van der Waals surface area contributed by atoms with E-state index in [2.05, 4.69) is 68.4 Å². The quantitative estimate of drug-likeness (QED) is 0.611. The second kappa shape index (κ2) is 6.48. The molecule has 0 aliphatic heterocycles. The fourth-order valence-electron chi connectivity index (χ4n) is 2.54. The van der Waals surface area contributed by atoms with Crippen molar-refractivity contribution in [2.75, 3.05) is 0 Å². The first-order chi connectivity index (χ1) is 10.7. The van der Waals surface area contributed by atoms with E-state index in [1.807, 2.05) is 18.2 Å². The molecule has 0 atom stereocenters. The van der Waals surface area contributed by atoms with Gasteiger partial charge in [-0.3, -0.25) is 0 Å². The molecule has 0 aromatic heterocycles. The van der Waals surface area contributed by atoms with Crippen molar-refractivity contribution in [3.8, 4) is 16.9 Å². The van der Waals surface area contributed by atoms with Gasteiger partial charge in [0.1, 0.15) is 12.4 Å². The van der Waals surface area contributed by atoms with Crippen molar-refractivity contribution < 1.29 is 4.74 Å². The number of benzene rings is 3. The Morgan fingerprint density at radius 1 is 0.727 bits per heavy atom. The van der Waals surface area contributed by atoms with Crippen LogP contribution in [-0.2, 0) is 6.61 Å². The molecular formula is C21H20O. The maximum absolute atomic E-state index is 5.96. The highest BCUT2D eigenvalue weighted by molar-refractivity contribution is 5.67. The van der Waals surface area contributed by atoms with Crippen LogP contribution < -0.4 is 4.74 Å². The molecule has 3 rings (SSSR count). The smallest absolute Gasteiger partial charge is 0.119 e. The van der Waals surface area contributed by atoms with E-state index in [1.165, 1.54) is 27.8 Å². The van der Waals surface area contributed by atoms with Gasteiger partial charge in [-0.2, -0.15) is 0 Å². The average molecular weight is 288 g/mol. The Morgan fingerprint density at radius 3 is 2.14 bits per heavy atom. The molecule has 3 aromatic rings. The molecule has 22 heavy (non-hydrogen) atoms. The van der Waals surface area contributed by atoms with E-state index in [4.69, 9.17) is 4.74 Å². The minimum atomic E-state index is 0.578. The van der Waals surface area contributed by atoms with Crippen molar-refractivity contribution >= 4 is 0 Å². The Morgan fingerprint density at radius 2 is 1.41 bits per heavy atom. The van der Waals surface area contributed by atoms with Crippen LogP contribution in [0.5, 0.6) is 5.75 Å². The van der Waals surface area contributed by atoms with E-state index in [-0.39, 0.29) is 0 Å². The number of aryl methyl sites for hydroxylation is 2. The Kier molecular flexibility index (Phi) is 4.24. The molecule has 3 aromatic carbocycles. The molecule has 0 fully saturated rings. The van der Waals surface area contributed by atoms with E-state index in [0.717, 1.165) is 5.75 Å². The highest BCUT2D eigenvalue weighted by Gasteiger charge is 2.06. The third-order valence-electron chi connectivity index (χ3n) is 3.76. The summed E-state index contributed by atoms with van der Waals surface area (Å²) in [4.78, 5) is 0. The minimum Gasteiger partial charge on any atom is -0.489 e. The summed E-state index contributed by atoms with van der Waals surface area (Å²) in [6, 6.07) is 25.2. The van der Waals surface area contributed by atoms with Gasteiger partial charge in [0, 0.05) is 0 Å². The summed E-state index contributed by atoms with van der Waals surface area (Å²) in [5.74, 6) is 0.908. The van der Waals surface area contributed by atoms with Gasteiger partial charge in [-0.25, -0.2) is 0 Å². The first-order valence-electron chi connectivity index (χ1n) is 7.57. The lowest BCUT2D eigenvalue weighted by atomic mass is 9.98. The summed E-state index contributed by atoms with van der Waals surface area (Å²) in [6.45, 7) is 4.77. The van der Waals surface area contributed by atoms with Crippen LogP contribution in [0.3, 0.4) is 0 Å². The van der Waals surface area contributed by atoms with Gasteiger partial charge in [0.2, 0.25) is 0 Å². The largest absolute Gasteiger partial charge is 0.489 e. The first kappa shape index (κ1) is 14.4. The molecule has 0 saturated carbocycles. The maximum atomic E-state index is 5.96. The number of hydrogen-bond acceptors (Lipinski definition) is 1. The Balaban J connectivity index is 1.86. The Bertz CT molecular complexity index is 743. The molecular weight excluding hydrogens is 268 g/mol. The van der Waals surface area contributed by atoms with E-state index in [9.17, 15) is 0 Å². The normalized spacial score (nSPS) is 10.5. The van der Waals surface area contributed by atoms with Crippen molar-refractivity contribution in [1.82, 2.24) is 0 Å². The third kappa shape index (κ3) is 3.37. The topological polar surface area (TPSA) is 9.23 Å². The van der Waals surface area contributed by atoms with Crippen LogP contribution in [0, 0.1) is 13.8 Å². The summed E-state index contributed by atoms with van der Waals surface area (Å²) in [5.41, 5.74) is 6.17. The Labute approximate surface area is 132 Å². The summed E-state index contributed by atoms with van der Waals surface area (Å²) >= 11 is 0. The van der Waals surface area contributed by atoms with Gasteiger partial charge in [0.25, 0.3) is 0 Å². The van der Waals surface area contributed by atoms with Gasteiger partial charge in [-0.15, -0.1) is 0 Å². The third-order valence-corrected chi connectivity index (χ3v) is 3.76. The van der Waals surface area contributed by atoms with Crippen LogP contribution in [0.2, 0.25) is 0 Å². The van der Waals surface area contributed by atoms with E-state index in [1.54, 1.807) is 0 Å². The zero-order chi connectivity index (χ0) is 15.4. The van der Waals surface area contributed by atoms with E-state index < -0.39 is 0 Å². The van der Waals surface area contributed by atoms with Crippen molar-refractivity contribution in [3.63, 3.8) is 0 Å². The maximum Gasteiger partial charge on any atom is 0.119 e. The molecule has 0 spiro atoms. The molecule has 1 nitrogen and oxygen atoms in total. The zero-order valence-electron chi connectivity index (χ0n) is 13.0. The lowest BCUT2D eigenvalue weighted by Gasteiger charge is -2.12. The van der Waals surface area contributed by atoms with Crippen LogP contribution in [0.15, 0.2) is 72.8 Å². The van der Waals surface area contributed by atoms with Crippen LogP contribution in [0.4, 0.5) is 0 Å². The van der Waals surface area contributed by atoms with Crippen molar-refractivity contribution in [1.29, 1.82) is 0 Å². The van der Waals surface area contributed by atoms with E-state index in [0.29, 0.717) is 6.61 Å². The number of ether oxygens (including phenoxy) is 1. The minimum absolute atomic E-state index is 0.578. The zero-order valence-corrected chi connectivity index (χ0v) is 13.0. The van der Waals surface area contributed by atoms with Crippen LogP contribution >= 0.6 is 0 Å². The number of rotatable bonds is 4. The van der Waals surface area contributed by atoms with Crippen molar-refractivity contribution in [3.05, 3.63) is 89.5 Å². The van der Waals surface area contributed by atoms with Gasteiger partial charge in [-0.1, -0.05) is 71.8 Å². The van der Waals surface area contributed by atoms with Crippen LogP contribution in [0.1, 0.15) is 16.7 Å². The fourth-order valence-corrected chi connectivity index (χ4v) is 2.54. The molecule has 0 heterocycles. The predicted octanol–water partition coefficient (Wildman–Crippen LogP) is 5.55. The fraction of sp³-hybridized carbons (Fsp3) is 0.143. The van der Waals surface area contributed by atoms with Crippen molar-refractivity contribution in [2.24, 2.45) is 0 Å². The molecule has 0 aliphatic rings. The monoisotopic (exact) mass is 288 g/mol. The molecule has 0 unspecified atom stereocenters. The van der Waals surface area contributed by atoms with Gasteiger partial charge >= 0.3 is 0 Å². The van der Waals surface area contributed by atoms with E-state index >= 15 is 0 Å². The molecule has 1 heteroatoms. The molecule has 0 saturated heterocycles. The van der Waals surface area contributed by atoms with Crippen LogP contribution in [-0.4, -0.2) is 0 Å². The highest BCUT2D eigenvalue weighted by atomic mass is 16.5. The van der Waals surface area contributed by atoms with Gasteiger partial charge in [0.15, 0.2) is 0 Å². The Hall–Kier alpha value is -2.54. The second-order valence-electron chi connectivity index (χ2n) is 5.63. The first-order valence-corrected chi connectivity index (χ1v) is 7.57. The second-order valence-corrected chi connectivity index (χ2v) is 5.63. The van der Waals surface area contributed by atoms with Gasteiger partial charge < -0.3 is 4.74 Å². The standard InChI is InChI=1S/C21H20O/c1-16-8-11-20(12-9-16)22-15-19-14-17(2)10-13-21(19)18-6-4-3-5-7-18/h3-14H,15H2,1-2H3. The average Bonchev–Trinajstić information content (AvgIpc) is 2.55. The van der Waals surface area contributed by atoms with Crippen LogP contribution in [0.25, 0.3) is 11.1 Å². The lowest BCUT2D eigenvalue weighted by Crippen LogP contribution is -1.98. The molecule has 0 N–H and O–H groups in total. The van der Waals surface area contributed by atoms with Crippen molar-refractivity contribution in [2.45, 2.75) is 20.5 Å². The lowest BCUT2D eigenvalue weighted by molar-refractivity contribution is 0.306. The molecule has 110 valence electrons. The van der Waals surface area contributed by atoms with Gasteiger partial charge in [-0.05, 0) is 42.7 Å². The molecule has 0 radical (unpaired) electrons. The summed E-state index contributed by atoms with van der Waals surface area (Å²) < 4.78 is 5.96. The SMILES string of the molecule is Cc1ccc(OCc2cc(C)ccc2-c2ccccc2)cc1. The molecule has 0 aliphatic carbocycles. The summed E-state index contributed by atoms with van der Waals surface area (Å²) in [7, 11) is 0. The molecule has 0 amide bonds. The summed E-state index contributed by atoms with van der Waals surface area (Å²) in [5, 5.41) is 0. The molecule has 0 bridgehead atoms. The highest BCUT2D eigenvalue weighted by Crippen LogP contribution is 2.26.